The molecule has 4 nitrogen and oxygen atoms in total. The Morgan fingerprint density at radius 3 is 2.62 bits per heavy atom. The molecule has 0 atom stereocenters. The second-order valence-corrected chi connectivity index (χ2v) is 5.52. The lowest BCUT2D eigenvalue weighted by molar-refractivity contribution is -0.137. The number of ether oxygens (including phenoxy) is 2. The van der Waals surface area contributed by atoms with Gasteiger partial charge in [-0.15, -0.1) is 0 Å². The van der Waals surface area contributed by atoms with Gasteiger partial charge in [0.25, 0.3) is 5.91 Å². The van der Waals surface area contributed by atoms with Crippen LogP contribution in [0.5, 0.6) is 17.2 Å². The number of rotatable bonds is 2. The van der Waals surface area contributed by atoms with Gasteiger partial charge < -0.3 is 14.4 Å². The highest BCUT2D eigenvalue weighted by Crippen LogP contribution is 2.39. The summed E-state index contributed by atoms with van der Waals surface area (Å²) in [5.41, 5.74) is -0.272. The van der Waals surface area contributed by atoms with E-state index in [4.69, 9.17) is 21.1 Å². The molecule has 0 unspecified atom stereocenters. The molecule has 1 amide bonds. The largest absolute Gasteiger partial charge is 0.481 e. The van der Waals surface area contributed by atoms with Gasteiger partial charge in [-0.05, 0) is 30.3 Å². The van der Waals surface area contributed by atoms with E-state index in [0.717, 1.165) is 18.2 Å². The molecule has 1 aliphatic heterocycles. The van der Waals surface area contributed by atoms with E-state index in [9.17, 15) is 18.0 Å². The highest BCUT2D eigenvalue weighted by molar-refractivity contribution is 6.32. The molecule has 0 saturated carbocycles. The van der Waals surface area contributed by atoms with Crippen molar-refractivity contribution in [3.63, 3.8) is 0 Å². The lowest BCUT2D eigenvalue weighted by Crippen LogP contribution is -2.35. The smallest absolute Gasteiger partial charge is 0.416 e. The average Bonchev–Trinajstić information content (AvgIpc) is 2.52. The first-order valence-electron chi connectivity index (χ1n) is 6.84. The molecule has 0 bridgehead atoms. The Morgan fingerprint density at radius 1 is 1.21 bits per heavy atom. The lowest BCUT2D eigenvalue weighted by atomic mass is 10.2. The molecule has 8 heteroatoms. The van der Waals surface area contributed by atoms with Gasteiger partial charge >= 0.3 is 6.18 Å². The summed E-state index contributed by atoms with van der Waals surface area (Å²) >= 11 is 5.86. The molecule has 2 aromatic rings. The van der Waals surface area contributed by atoms with Gasteiger partial charge in [0.2, 0.25) is 0 Å². The first-order chi connectivity index (χ1) is 11.3. The van der Waals surface area contributed by atoms with Gasteiger partial charge in [0.05, 0.1) is 16.3 Å². The Morgan fingerprint density at radius 2 is 1.96 bits per heavy atom. The van der Waals surface area contributed by atoms with Gasteiger partial charge in [-0.25, -0.2) is 0 Å². The Kier molecular flexibility index (Phi) is 4.04. The van der Waals surface area contributed by atoms with E-state index in [1.165, 1.54) is 4.90 Å². The number of benzene rings is 2. The number of carbonyl (C=O) groups is 1. The predicted octanol–water partition coefficient (Wildman–Crippen LogP) is 4.51. The number of anilines is 1. The maximum absolute atomic E-state index is 12.6. The van der Waals surface area contributed by atoms with Crippen LogP contribution in [0.15, 0.2) is 36.4 Å². The molecular formula is C16H11ClF3NO3. The molecule has 0 aliphatic carbocycles. The molecule has 0 saturated heterocycles. The molecular weight excluding hydrogens is 347 g/mol. The van der Waals surface area contributed by atoms with E-state index in [2.05, 4.69) is 0 Å². The zero-order valence-electron chi connectivity index (χ0n) is 12.4. The number of carbonyl (C=O) groups excluding carboxylic acids is 1. The predicted molar refractivity (Wildman–Crippen MR) is 81.9 cm³/mol. The Bertz CT molecular complexity index is 808. The fraction of sp³-hybridized carbons (Fsp3) is 0.188. The Hall–Kier alpha value is -2.41. The third kappa shape index (κ3) is 3.12. The van der Waals surface area contributed by atoms with Crippen LogP contribution in [0.2, 0.25) is 5.02 Å². The van der Waals surface area contributed by atoms with Gasteiger partial charge in [-0.1, -0.05) is 11.6 Å². The maximum Gasteiger partial charge on any atom is 0.416 e. The second-order valence-electron chi connectivity index (χ2n) is 5.12. The van der Waals surface area contributed by atoms with Crippen LogP contribution >= 0.6 is 11.6 Å². The minimum absolute atomic E-state index is 0.0878. The molecule has 0 spiro atoms. The van der Waals surface area contributed by atoms with Crippen LogP contribution in [0.4, 0.5) is 18.9 Å². The average molecular weight is 358 g/mol. The van der Waals surface area contributed by atoms with Gasteiger partial charge in [-0.2, -0.15) is 13.2 Å². The lowest BCUT2D eigenvalue weighted by Gasteiger charge is -2.26. The zero-order chi connectivity index (χ0) is 17.5. The summed E-state index contributed by atoms with van der Waals surface area (Å²) in [7, 11) is 1.62. The van der Waals surface area contributed by atoms with Crippen molar-refractivity contribution in [2.24, 2.45) is 0 Å². The minimum atomic E-state index is -4.47. The van der Waals surface area contributed by atoms with E-state index >= 15 is 0 Å². The number of halogens is 4. The summed E-state index contributed by atoms with van der Waals surface area (Å²) in [5, 5.41) is -0.157. The molecule has 3 rings (SSSR count). The van der Waals surface area contributed by atoms with Crippen LogP contribution in [0.1, 0.15) is 5.56 Å². The van der Waals surface area contributed by atoms with Crippen LogP contribution in [-0.4, -0.2) is 19.6 Å². The Balaban J connectivity index is 1.86. The van der Waals surface area contributed by atoms with Crippen LogP contribution in [-0.2, 0) is 11.0 Å². The van der Waals surface area contributed by atoms with Gasteiger partial charge in [0, 0.05) is 13.1 Å². The maximum atomic E-state index is 12.6. The van der Waals surface area contributed by atoms with Gasteiger partial charge in [0.15, 0.2) is 6.61 Å². The molecule has 0 aromatic heterocycles. The normalized spacial score (nSPS) is 14.2. The fourth-order valence-corrected chi connectivity index (χ4v) is 2.43. The fourth-order valence-electron chi connectivity index (χ4n) is 2.21. The molecule has 24 heavy (non-hydrogen) atoms. The Labute approximate surface area is 140 Å². The topological polar surface area (TPSA) is 38.8 Å². The summed E-state index contributed by atoms with van der Waals surface area (Å²) in [6.07, 6.45) is -4.47. The summed E-state index contributed by atoms with van der Waals surface area (Å²) in [4.78, 5) is 13.0. The number of fused-ring (bicyclic) bond motifs is 1. The van der Waals surface area contributed by atoms with E-state index in [0.29, 0.717) is 17.2 Å². The van der Waals surface area contributed by atoms with E-state index in [-0.39, 0.29) is 23.3 Å². The summed E-state index contributed by atoms with van der Waals surface area (Å²) in [6, 6.07) is 7.60. The van der Waals surface area contributed by atoms with Crippen LogP contribution < -0.4 is 14.4 Å². The summed E-state index contributed by atoms with van der Waals surface area (Å²) in [5.74, 6) is 0.683. The highest BCUT2D eigenvalue weighted by atomic mass is 35.5. The van der Waals surface area contributed by atoms with Crippen molar-refractivity contribution in [2.75, 3.05) is 18.6 Å². The quantitative estimate of drug-likeness (QED) is 0.794. The molecule has 1 heterocycles. The number of alkyl halides is 3. The third-order valence-corrected chi connectivity index (χ3v) is 3.80. The first kappa shape index (κ1) is 16.4. The van der Waals surface area contributed by atoms with Crippen LogP contribution in [0.25, 0.3) is 0 Å². The van der Waals surface area contributed by atoms with Crippen molar-refractivity contribution in [1.82, 2.24) is 0 Å². The van der Waals surface area contributed by atoms with Crippen LogP contribution in [0, 0.1) is 0 Å². The standard InChI is InChI=1S/C16H11ClF3NO3/c1-21-12-4-3-10(7-14(12)23-8-15(21)22)24-13-5-2-9(6-11(13)17)16(18,19)20/h2-7H,8H2,1H3. The molecule has 0 radical (unpaired) electrons. The van der Waals surface area contributed by atoms with Crippen molar-refractivity contribution in [2.45, 2.75) is 6.18 Å². The van der Waals surface area contributed by atoms with Gasteiger partial charge in [-0.3, -0.25) is 4.79 Å². The molecule has 1 aliphatic rings. The van der Waals surface area contributed by atoms with E-state index < -0.39 is 11.7 Å². The molecule has 2 aromatic carbocycles. The van der Waals surface area contributed by atoms with Crippen LogP contribution in [0.3, 0.4) is 0 Å². The highest BCUT2D eigenvalue weighted by Gasteiger charge is 2.31. The minimum Gasteiger partial charge on any atom is -0.481 e. The van der Waals surface area contributed by atoms with Crippen molar-refractivity contribution >= 4 is 23.2 Å². The number of hydrogen-bond donors (Lipinski definition) is 0. The summed E-state index contributed by atoms with van der Waals surface area (Å²) < 4.78 is 48.8. The van der Waals surface area contributed by atoms with Crippen molar-refractivity contribution < 1.29 is 27.4 Å². The van der Waals surface area contributed by atoms with Crippen molar-refractivity contribution in [3.8, 4) is 17.2 Å². The number of amides is 1. The van der Waals surface area contributed by atoms with E-state index in [1.807, 2.05) is 0 Å². The number of nitrogens with zero attached hydrogens (tertiary/aromatic N) is 1. The first-order valence-corrected chi connectivity index (χ1v) is 7.21. The number of hydrogen-bond acceptors (Lipinski definition) is 3. The third-order valence-electron chi connectivity index (χ3n) is 3.50. The SMILES string of the molecule is CN1C(=O)COc2cc(Oc3ccc(C(F)(F)F)cc3Cl)ccc21. The molecule has 0 fully saturated rings. The number of likely N-dealkylation sites (N-methyl/N-ethyl adjacent to an activating group) is 1. The van der Waals surface area contributed by atoms with Gasteiger partial charge in [0.1, 0.15) is 17.2 Å². The van der Waals surface area contributed by atoms with E-state index in [1.54, 1.807) is 25.2 Å². The molecule has 126 valence electrons. The van der Waals surface area contributed by atoms with Crippen molar-refractivity contribution in [3.05, 3.63) is 47.0 Å². The summed E-state index contributed by atoms with van der Waals surface area (Å²) in [6.45, 7) is -0.0893. The molecule has 0 N–H and O–H groups in total. The monoisotopic (exact) mass is 357 g/mol. The zero-order valence-corrected chi connectivity index (χ0v) is 13.1. The second kappa shape index (κ2) is 5.90. The van der Waals surface area contributed by atoms with Crippen molar-refractivity contribution in [1.29, 1.82) is 0 Å².